The Hall–Kier alpha value is -3.28. The summed E-state index contributed by atoms with van der Waals surface area (Å²) in [6.07, 6.45) is 2.58. The molecule has 3 aromatic rings. The van der Waals surface area contributed by atoms with Gasteiger partial charge in [0.15, 0.2) is 11.5 Å². The van der Waals surface area contributed by atoms with E-state index in [1.54, 1.807) is 10.9 Å². The number of rotatable bonds is 3. The molecular formula is C24H27N3O3. The van der Waals surface area contributed by atoms with Gasteiger partial charge in [0.05, 0.1) is 18.8 Å². The molecule has 0 saturated carbocycles. The summed E-state index contributed by atoms with van der Waals surface area (Å²) in [5.74, 6) is 1.20. The van der Waals surface area contributed by atoms with Gasteiger partial charge in [-0.2, -0.15) is 5.10 Å². The minimum atomic E-state index is -0.200. The van der Waals surface area contributed by atoms with Crippen molar-refractivity contribution in [1.29, 1.82) is 0 Å². The smallest absolute Gasteiger partial charge is 0.259 e. The van der Waals surface area contributed by atoms with E-state index in [1.165, 1.54) is 5.56 Å². The maximum Gasteiger partial charge on any atom is 0.259 e. The minimum absolute atomic E-state index is 0.0656. The third-order valence-electron chi connectivity index (χ3n) is 5.10. The second-order valence-electron chi connectivity index (χ2n) is 8.56. The fraction of sp³-hybridized carbons (Fsp3) is 0.333. The molecular weight excluding hydrogens is 378 g/mol. The lowest BCUT2D eigenvalue weighted by molar-refractivity contribution is 0.102. The monoisotopic (exact) mass is 405 g/mol. The summed E-state index contributed by atoms with van der Waals surface area (Å²) >= 11 is 0. The first-order valence-corrected chi connectivity index (χ1v) is 10.2. The topological polar surface area (TPSA) is 65.4 Å². The highest BCUT2D eigenvalue weighted by atomic mass is 16.5. The average molecular weight is 405 g/mol. The summed E-state index contributed by atoms with van der Waals surface area (Å²) in [4.78, 5) is 13.0. The van der Waals surface area contributed by atoms with E-state index in [2.05, 4.69) is 31.2 Å². The van der Waals surface area contributed by atoms with E-state index in [0.717, 1.165) is 23.4 Å². The van der Waals surface area contributed by atoms with E-state index >= 15 is 0 Å². The number of ether oxygens (including phenoxy) is 2. The molecule has 2 aromatic carbocycles. The summed E-state index contributed by atoms with van der Waals surface area (Å²) < 4.78 is 13.1. The number of fused-ring (bicyclic) bond motifs is 1. The van der Waals surface area contributed by atoms with Crippen molar-refractivity contribution in [2.45, 2.75) is 32.6 Å². The Morgan fingerprint density at radius 3 is 2.43 bits per heavy atom. The molecule has 2 heterocycles. The third kappa shape index (κ3) is 4.17. The highest BCUT2D eigenvalue weighted by molar-refractivity contribution is 6.08. The zero-order valence-electron chi connectivity index (χ0n) is 17.9. The predicted molar refractivity (Wildman–Crippen MR) is 117 cm³/mol. The van der Waals surface area contributed by atoms with Crippen molar-refractivity contribution in [2.75, 3.05) is 18.5 Å². The Kier molecular flexibility index (Phi) is 5.24. The van der Waals surface area contributed by atoms with Crippen LogP contribution in [0.1, 0.15) is 43.1 Å². The maximum absolute atomic E-state index is 13.0. The molecule has 0 bridgehead atoms. The third-order valence-corrected chi connectivity index (χ3v) is 5.10. The highest BCUT2D eigenvalue weighted by Crippen LogP contribution is 2.35. The molecule has 1 aliphatic rings. The molecule has 0 saturated heterocycles. The van der Waals surface area contributed by atoms with E-state index in [1.807, 2.05) is 49.5 Å². The maximum atomic E-state index is 13.0. The minimum Gasteiger partial charge on any atom is -0.490 e. The van der Waals surface area contributed by atoms with Crippen LogP contribution in [-0.2, 0) is 12.5 Å². The standard InChI is InChI=1S/C24H27N3O3/c1-24(2,3)17-7-9-18(10-8-17)25-23(28)19-15-27(4)26-22(19)16-6-11-20-21(14-16)30-13-5-12-29-20/h6-11,14-15H,5,12-13H2,1-4H3,(H,25,28). The van der Waals surface area contributed by atoms with Crippen LogP contribution in [0.5, 0.6) is 11.5 Å². The van der Waals surface area contributed by atoms with Gasteiger partial charge in [0.2, 0.25) is 0 Å². The molecule has 6 heteroatoms. The molecule has 1 N–H and O–H groups in total. The second kappa shape index (κ2) is 7.86. The Morgan fingerprint density at radius 2 is 1.73 bits per heavy atom. The van der Waals surface area contributed by atoms with Gasteiger partial charge in [0.25, 0.3) is 5.91 Å². The van der Waals surface area contributed by atoms with Crippen molar-refractivity contribution in [3.8, 4) is 22.8 Å². The van der Waals surface area contributed by atoms with Gasteiger partial charge in [-0.25, -0.2) is 0 Å². The Morgan fingerprint density at radius 1 is 1.03 bits per heavy atom. The van der Waals surface area contributed by atoms with Gasteiger partial charge < -0.3 is 14.8 Å². The first-order valence-electron chi connectivity index (χ1n) is 10.2. The lowest BCUT2D eigenvalue weighted by Gasteiger charge is -2.19. The molecule has 0 unspecified atom stereocenters. The Labute approximate surface area is 176 Å². The van der Waals surface area contributed by atoms with Gasteiger partial charge in [0.1, 0.15) is 5.69 Å². The largest absolute Gasteiger partial charge is 0.490 e. The van der Waals surface area contributed by atoms with Crippen molar-refractivity contribution >= 4 is 11.6 Å². The number of amides is 1. The van der Waals surface area contributed by atoms with Crippen LogP contribution in [0.25, 0.3) is 11.3 Å². The fourth-order valence-electron chi connectivity index (χ4n) is 3.43. The number of carbonyl (C=O) groups is 1. The molecule has 0 fully saturated rings. The number of aryl methyl sites for hydroxylation is 1. The van der Waals surface area contributed by atoms with Crippen molar-refractivity contribution < 1.29 is 14.3 Å². The van der Waals surface area contributed by atoms with Crippen LogP contribution in [0.15, 0.2) is 48.7 Å². The highest BCUT2D eigenvalue weighted by Gasteiger charge is 2.20. The van der Waals surface area contributed by atoms with Gasteiger partial charge >= 0.3 is 0 Å². The van der Waals surface area contributed by atoms with Gasteiger partial charge in [-0.1, -0.05) is 32.9 Å². The number of nitrogens with one attached hydrogen (secondary N) is 1. The van der Waals surface area contributed by atoms with Crippen LogP contribution in [0.2, 0.25) is 0 Å². The first kappa shape index (κ1) is 20.0. The number of hydrogen-bond acceptors (Lipinski definition) is 4. The van der Waals surface area contributed by atoms with E-state index < -0.39 is 0 Å². The van der Waals surface area contributed by atoms with Crippen molar-refractivity contribution in [1.82, 2.24) is 9.78 Å². The van der Waals surface area contributed by atoms with Crippen LogP contribution in [0.3, 0.4) is 0 Å². The molecule has 0 spiro atoms. The normalized spacial score (nSPS) is 13.6. The second-order valence-corrected chi connectivity index (χ2v) is 8.56. The van der Waals surface area contributed by atoms with Crippen LogP contribution >= 0.6 is 0 Å². The average Bonchev–Trinajstić information content (AvgIpc) is 2.94. The summed E-state index contributed by atoms with van der Waals surface area (Å²) in [7, 11) is 1.81. The van der Waals surface area contributed by atoms with Crippen LogP contribution in [0.4, 0.5) is 5.69 Å². The van der Waals surface area contributed by atoms with Gasteiger partial charge in [-0.05, 0) is 41.3 Å². The first-order chi connectivity index (χ1) is 14.3. The molecule has 4 rings (SSSR count). The lowest BCUT2D eigenvalue weighted by atomic mass is 9.87. The number of benzene rings is 2. The number of hydrogen-bond donors (Lipinski definition) is 1. The summed E-state index contributed by atoms with van der Waals surface area (Å²) in [5, 5.41) is 7.51. The lowest BCUT2D eigenvalue weighted by Crippen LogP contribution is -2.14. The zero-order valence-corrected chi connectivity index (χ0v) is 17.9. The van der Waals surface area contributed by atoms with E-state index in [4.69, 9.17) is 9.47 Å². The molecule has 1 aliphatic heterocycles. The van der Waals surface area contributed by atoms with Gasteiger partial charge in [-0.3, -0.25) is 9.48 Å². The molecule has 0 radical (unpaired) electrons. The number of aromatic nitrogens is 2. The fourth-order valence-corrected chi connectivity index (χ4v) is 3.43. The molecule has 30 heavy (non-hydrogen) atoms. The van der Waals surface area contributed by atoms with Crippen molar-refractivity contribution in [3.05, 3.63) is 59.8 Å². The Bertz CT molecular complexity index is 1060. The van der Waals surface area contributed by atoms with Crippen molar-refractivity contribution in [2.24, 2.45) is 7.05 Å². The summed E-state index contributed by atoms with van der Waals surface area (Å²) in [6.45, 7) is 7.74. The molecule has 0 aliphatic carbocycles. The van der Waals surface area contributed by atoms with E-state index in [0.29, 0.717) is 30.2 Å². The number of nitrogens with zero attached hydrogens (tertiary/aromatic N) is 2. The van der Waals surface area contributed by atoms with Crippen LogP contribution < -0.4 is 14.8 Å². The van der Waals surface area contributed by atoms with E-state index in [-0.39, 0.29) is 11.3 Å². The molecule has 6 nitrogen and oxygen atoms in total. The van der Waals surface area contributed by atoms with Crippen LogP contribution in [0, 0.1) is 0 Å². The number of anilines is 1. The quantitative estimate of drug-likeness (QED) is 0.680. The predicted octanol–water partition coefficient (Wildman–Crippen LogP) is 4.80. The Balaban J connectivity index is 1.60. The zero-order chi connectivity index (χ0) is 21.3. The van der Waals surface area contributed by atoms with Gasteiger partial charge in [0, 0.05) is 30.9 Å². The van der Waals surface area contributed by atoms with Gasteiger partial charge in [-0.15, -0.1) is 0 Å². The summed E-state index contributed by atoms with van der Waals surface area (Å²) in [6, 6.07) is 13.6. The van der Waals surface area contributed by atoms with E-state index in [9.17, 15) is 4.79 Å². The SMILES string of the molecule is Cn1cc(C(=O)Nc2ccc(C(C)(C)C)cc2)c(-c2ccc3c(c2)OCCCO3)n1. The van der Waals surface area contributed by atoms with Crippen molar-refractivity contribution in [3.63, 3.8) is 0 Å². The molecule has 156 valence electrons. The summed E-state index contributed by atoms with van der Waals surface area (Å²) in [5.41, 5.74) is 3.96. The molecule has 0 atom stereocenters. The molecule has 1 aromatic heterocycles. The number of carbonyl (C=O) groups excluding carboxylic acids is 1. The van der Waals surface area contributed by atoms with Crippen LogP contribution in [-0.4, -0.2) is 28.9 Å². The molecule has 1 amide bonds.